The van der Waals surface area contributed by atoms with Gasteiger partial charge >= 0.3 is 11.8 Å². The predicted molar refractivity (Wildman–Crippen MR) is 112 cm³/mol. The number of aromatic nitrogens is 1. The summed E-state index contributed by atoms with van der Waals surface area (Å²) in [5, 5.41) is 7.61. The number of hydrazone groups is 1. The number of carbonyl (C=O) groups is 2. The van der Waals surface area contributed by atoms with Crippen LogP contribution in [0.1, 0.15) is 11.1 Å². The summed E-state index contributed by atoms with van der Waals surface area (Å²) in [6, 6.07) is 12.2. The minimum Gasteiger partial charge on any atom is -0.316 e. The Labute approximate surface area is 175 Å². The number of halogens is 3. The number of hydrogen-bond acceptors (Lipinski definition) is 4. The molecular formula is C19H13Cl3N4O2. The molecule has 6 nitrogen and oxygen atoms in total. The molecule has 3 aromatic rings. The highest BCUT2D eigenvalue weighted by Crippen LogP contribution is 2.29. The van der Waals surface area contributed by atoms with Gasteiger partial charge in [-0.2, -0.15) is 5.10 Å². The molecule has 2 aromatic carbocycles. The Kier molecular flexibility index (Phi) is 6.14. The second-order valence-electron chi connectivity index (χ2n) is 5.82. The third kappa shape index (κ3) is 4.59. The van der Waals surface area contributed by atoms with Gasteiger partial charge in [-0.1, -0.05) is 53.0 Å². The molecule has 0 aliphatic rings. The van der Waals surface area contributed by atoms with Crippen LogP contribution in [0.25, 0.3) is 10.9 Å². The molecule has 0 radical (unpaired) electrons. The Bertz CT molecular complexity index is 1120. The number of nitrogens with zero attached hydrogens (tertiary/aromatic N) is 2. The summed E-state index contributed by atoms with van der Waals surface area (Å²) in [5.41, 5.74) is 4.66. The van der Waals surface area contributed by atoms with Gasteiger partial charge in [-0.3, -0.25) is 9.59 Å². The lowest BCUT2D eigenvalue weighted by Crippen LogP contribution is -2.32. The zero-order chi connectivity index (χ0) is 20.3. The van der Waals surface area contributed by atoms with Crippen LogP contribution in [0.15, 0.2) is 47.6 Å². The fourth-order valence-electron chi connectivity index (χ4n) is 2.35. The molecule has 0 spiro atoms. The summed E-state index contributed by atoms with van der Waals surface area (Å²) in [6.45, 7) is 1.96. The fourth-order valence-corrected chi connectivity index (χ4v) is 2.89. The molecule has 0 bridgehead atoms. The van der Waals surface area contributed by atoms with E-state index in [1.165, 1.54) is 12.3 Å². The van der Waals surface area contributed by atoms with Crippen LogP contribution in [-0.2, 0) is 9.59 Å². The first-order valence-electron chi connectivity index (χ1n) is 8.00. The van der Waals surface area contributed by atoms with Gasteiger partial charge in [0.05, 0.1) is 27.5 Å². The largest absolute Gasteiger partial charge is 0.329 e. The van der Waals surface area contributed by atoms with Crippen molar-refractivity contribution >= 4 is 69.4 Å². The number of anilines is 1. The number of aryl methyl sites for hydroxylation is 1. The predicted octanol–water partition coefficient (Wildman–Crippen LogP) is 4.59. The summed E-state index contributed by atoms with van der Waals surface area (Å²) in [6.07, 6.45) is 1.31. The molecule has 0 aliphatic heterocycles. The molecule has 0 atom stereocenters. The van der Waals surface area contributed by atoms with Crippen molar-refractivity contribution in [3.63, 3.8) is 0 Å². The van der Waals surface area contributed by atoms with Gasteiger partial charge in [-0.05, 0) is 36.8 Å². The first-order valence-corrected chi connectivity index (χ1v) is 9.14. The number of amides is 2. The summed E-state index contributed by atoms with van der Waals surface area (Å²) in [5.74, 6) is -1.92. The Balaban J connectivity index is 1.68. The second-order valence-corrected chi connectivity index (χ2v) is 6.96. The highest BCUT2D eigenvalue weighted by atomic mass is 35.5. The van der Waals surface area contributed by atoms with Crippen LogP contribution in [-0.4, -0.2) is 23.0 Å². The molecule has 0 saturated heterocycles. The number of pyridine rings is 1. The van der Waals surface area contributed by atoms with Gasteiger partial charge in [0.25, 0.3) is 0 Å². The molecule has 2 N–H and O–H groups in total. The average molecular weight is 436 g/mol. The highest BCUT2D eigenvalue weighted by molar-refractivity contribution is 6.45. The number of nitrogens with one attached hydrogen (secondary N) is 2. The number of fused-ring (bicyclic) bond motifs is 1. The molecule has 0 saturated carbocycles. The first-order chi connectivity index (χ1) is 13.3. The van der Waals surface area contributed by atoms with Crippen molar-refractivity contribution in [2.45, 2.75) is 6.92 Å². The van der Waals surface area contributed by atoms with Crippen LogP contribution in [0, 0.1) is 6.92 Å². The quantitative estimate of drug-likeness (QED) is 0.273. The second kappa shape index (κ2) is 8.56. The number of hydrogen-bond donors (Lipinski definition) is 2. The van der Waals surface area contributed by atoms with Crippen LogP contribution in [0.4, 0.5) is 5.69 Å². The minimum atomic E-state index is -0.979. The van der Waals surface area contributed by atoms with E-state index in [-0.39, 0.29) is 20.9 Å². The molecule has 9 heteroatoms. The molecule has 28 heavy (non-hydrogen) atoms. The van der Waals surface area contributed by atoms with Gasteiger partial charge in [0.2, 0.25) is 0 Å². The van der Waals surface area contributed by atoms with Crippen molar-refractivity contribution < 1.29 is 9.59 Å². The third-order valence-corrected chi connectivity index (χ3v) is 4.85. The van der Waals surface area contributed by atoms with E-state index < -0.39 is 11.8 Å². The maximum absolute atomic E-state index is 12.0. The van der Waals surface area contributed by atoms with E-state index in [1.807, 2.05) is 25.1 Å². The minimum absolute atomic E-state index is 0.137. The standard InChI is InChI=1S/C19H13Cl3N4O2/c1-10-5-6-11-8-12(17(22)24-15(11)7-10)9-23-26-19(28)18(27)25-14-4-2-3-13(20)16(14)21/h2-9H,1H3,(H,25,27)(H,26,28). The Hall–Kier alpha value is -2.67. The first kappa shape index (κ1) is 20.1. The van der Waals surface area contributed by atoms with Gasteiger partial charge in [-0.25, -0.2) is 10.4 Å². The van der Waals surface area contributed by atoms with Crippen molar-refractivity contribution in [3.05, 3.63) is 68.8 Å². The van der Waals surface area contributed by atoms with Crippen LogP contribution in [0.3, 0.4) is 0 Å². The number of benzene rings is 2. The molecule has 142 valence electrons. The highest BCUT2D eigenvalue weighted by Gasteiger charge is 2.15. The van der Waals surface area contributed by atoms with Crippen molar-refractivity contribution in [3.8, 4) is 0 Å². The van der Waals surface area contributed by atoms with Gasteiger partial charge in [0.15, 0.2) is 0 Å². The average Bonchev–Trinajstić information content (AvgIpc) is 2.65. The van der Waals surface area contributed by atoms with E-state index in [9.17, 15) is 9.59 Å². The van der Waals surface area contributed by atoms with Gasteiger partial charge in [0.1, 0.15) is 5.15 Å². The molecule has 3 rings (SSSR count). The Morgan fingerprint density at radius 3 is 2.64 bits per heavy atom. The van der Waals surface area contributed by atoms with E-state index in [0.29, 0.717) is 5.56 Å². The lowest BCUT2D eigenvalue weighted by molar-refractivity contribution is -0.136. The normalized spacial score (nSPS) is 11.0. The topological polar surface area (TPSA) is 83.5 Å². The van der Waals surface area contributed by atoms with Gasteiger partial charge < -0.3 is 5.32 Å². The van der Waals surface area contributed by atoms with E-state index >= 15 is 0 Å². The van der Waals surface area contributed by atoms with E-state index in [2.05, 4.69) is 20.8 Å². The molecule has 0 fully saturated rings. The van der Waals surface area contributed by atoms with Crippen molar-refractivity contribution in [2.75, 3.05) is 5.32 Å². The van der Waals surface area contributed by atoms with E-state index in [0.717, 1.165) is 16.5 Å². The van der Waals surface area contributed by atoms with Crippen molar-refractivity contribution in [2.24, 2.45) is 5.10 Å². The molecule has 2 amide bonds. The molecular weight excluding hydrogens is 423 g/mol. The maximum atomic E-state index is 12.0. The van der Waals surface area contributed by atoms with Crippen LogP contribution >= 0.6 is 34.8 Å². The Morgan fingerprint density at radius 2 is 1.86 bits per heavy atom. The molecule has 1 heterocycles. The number of carbonyl (C=O) groups excluding carboxylic acids is 2. The van der Waals surface area contributed by atoms with Gasteiger partial charge in [0, 0.05) is 10.9 Å². The van der Waals surface area contributed by atoms with Gasteiger partial charge in [-0.15, -0.1) is 0 Å². The van der Waals surface area contributed by atoms with Crippen LogP contribution < -0.4 is 10.7 Å². The fraction of sp³-hybridized carbons (Fsp3) is 0.0526. The SMILES string of the molecule is Cc1ccc2cc(C=NNC(=O)C(=O)Nc3cccc(Cl)c3Cl)c(Cl)nc2c1. The van der Waals surface area contributed by atoms with E-state index in [1.54, 1.807) is 18.2 Å². The zero-order valence-electron chi connectivity index (χ0n) is 14.5. The Morgan fingerprint density at radius 1 is 1.07 bits per heavy atom. The molecule has 0 unspecified atom stereocenters. The number of rotatable bonds is 3. The molecule has 0 aliphatic carbocycles. The van der Waals surface area contributed by atoms with Crippen molar-refractivity contribution in [1.82, 2.24) is 10.4 Å². The zero-order valence-corrected chi connectivity index (χ0v) is 16.7. The van der Waals surface area contributed by atoms with Crippen LogP contribution in [0.2, 0.25) is 15.2 Å². The summed E-state index contributed by atoms with van der Waals surface area (Å²) >= 11 is 18.0. The monoisotopic (exact) mass is 434 g/mol. The smallest absolute Gasteiger partial charge is 0.316 e. The lowest BCUT2D eigenvalue weighted by atomic mass is 10.1. The summed E-state index contributed by atoms with van der Waals surface area (Å²) in [7, 11) is 0. The maximum Gasteiger partial charge on any atom is 0.329 e. The lowest BCUT2D eigenvalue weighted by Gasteiger charge is -2.07. The summed E-state index contributed by atoms with van der Waals surface area (Å²) < 4.78 is 0. The summed E-state index contributed by atoms with van der Waals surface area (Å²) in [4.78, 5) is 28.2. The van der Waals surface area contributed by atoms with Crippen molar-refractivity contribution in [1.29, 1.82) is 0 Å². The van der Waals surface area contributed by atoms with Crippen LogP contribution in [0.5, 0.6) is 0 Å². The molecule has 1 aromatic heterocycles. The third-order valence-electron chi connectivity index (χ3n) is 3.73. The van der Waals surface area contributed by atoms with E-state index in [4.69, 9.17) is 34.8 Å².